The van der Waals surface area contributed by atoms with Crippen LogP contribution in [0, 0.1) is 0 Å². The van der Waals surface area contributed by atoms with Crippen molar-refractivity contribution in [3.8, 4) is 11.5 Å². The maximum atomic E-state index is 12.4. The van der Waals surface area contributed by atoms with E-state index in [0.29, 0.717) is 29.3 Å². The van der Waals surface area contributed by atoms with Crippen LogP contribution >= 0.6 is 0 Å². The first-order chi connectivity index (χ1) is 14.1. The number of para-hydroxylation sites is 2. The molecular formula is C22H26N2O5. The molecule has 2 unspecified atom stereocenters. The number of carbonyl (C=O) groups is 2. The largest absolute Gasteiger partial charge is 0.493 e. The van der Waals surface area contributed by atoms with Crippen LogP contribution in [0.2, 0.25) is 0 Å². The van der Waals surface area contributed by atoms with Crippen LogP contribution in [0.1, 0.15) is 30.1 Å². The molecule has 0 aromatic heterocycles. The second-order valence-corrected chi connectivity index (χ2v) is 6.82. The molecule has 7 nitrogen and oxygen atoms in total. The van der Waals surface area contributed by atoms with Crippen LogP contribution in [0.15, 0.2) is 48.5 Å². The molecule has 2 N–H and O–H groups in total. The average Bonchev–Trinajstić information content (AvgIpc) is 3.26. The number of anilines is 1. The van der Waals surface area contributed by atoms with Crippen LogP contribution in [-0.4, -0.2) is 44.3 Å². The number of hydrogen-bond acceptors (Lipinski definition) is 5. The van der Waals surface area contributed by atoms with Gasteiger partial charge in [-0.05, 0) is 56.2 Å². The van der Waals surface area contributed by atoms with Crippen LogP contribution in [-0.2, 0) is 9.53 Å². The third-order valence-corrected chi connectivity index (χ3v) is 4.67. The van der Waals surface area contributed by atoms with Crippen LogP contribution < -0.4 is 20.1 Å². The molecule has 0 spiro atoms. The molecule has 154 valence electrons. The topological polar surface area (TPSA) is 85.9 Å². The minimum atomic E-state index is -0.722. The summed E-state index contributed by atoms with van der Waals surface area (Å²) in [6, 6.07) is 13.9. The van der Waals surface area contributed by atoms with E-state index in [9.17, 15) is 9.59 Å². The van der Waals surface area contributed by atoms with E-state index >= 15 is 0 Å². The highest BCUT2D eigenvalue weighted by molar-refractivity contribution is 5.96. The van der Waals surface area contributed by atoms with E-state index < -0.39 is 6.10 Å². The number of nitrogens with one attached hydrogen (secondary N) is 2. The number of benzene rings is 2. The molecule has 1 heterocycles. The first kappa shape index (κ1) is 20.7. The highest BCUT2D eigenvalue weighted by Crippen LogP contribution is 2.27. The molecule has 1 aliphatic heterocycles. The Kier molecular flexibility index (Phi) is 7.08. The van der Waals surface area contributed by atoms with Crippen LogP contribution in [0.4, 0.5) is 5.69 Å². The fourth-order valence-electron chi connectivity index (χ4n) is 3.02. The summed E-state index contributed by atoms with van der Waals surface area (Å²) in [4.78, 5) is 24.6. The summed E-state index contributed by atoms with van der Waals surface area (Å²) in [5, 5.41) is 5.66. The molecule has 2 aromatic carbocycles. The van der Waals surface area contributed by atoms with Crippen molar-refractivity contribution in [2.45, 2.75) is 32.0 Å². The van der Waals surface area contributed by atoms with E-state index in [1.165, 1.54) is 0 Å². The predicted molar refractivity (Wildman–Crippen MR) is 109 cm³/mol. The third kappa shape index (κ3) is 5.71. The van der Waals surface area contributed by atoms with E-state index in [1.54, 1.807) is 50.4 Å². The molecule has 0 radical (unpaired) electrons. The van der Waals surface area contributed by atoms with Crippen LogP contribution in [0.5, 0.6) is 11.5 Å². The normalized spacial score (nSPS) is 16.7. The van der Waals surface area contributed by atoms with Gasteiger partial charge < -0.3 is 24.8 Å². The SMILES string of the molecule is COc1ccccc1OC(C)C(=O)Nc1ccc(C(=O)NCC2CCCO2)cc1. The molecule has 0 aliphatic carbocycles. The van der Waals surface area contributed by atoms with Gasteiger partial charge in [0.15, 0.2) is 17.6 Å². The zero-order chi connectivity index (χ0) is 20.6. The van der Waals surface area contributed by atoms with Crippen molar-refractivity contribution in [1.82, 2.24) is 5.32 Å². The molecular weight excluding hydrogens is 372 g/mol. The summed E-state index contributed by atoms with van der Waals surface area (Å²) in [5.74, 6) is 0.596. The standard InChI is InChI=1S/C22H26N2O5/c1-15(29-20-8-4-3-7-19(20)27-2)21(25)24-17-11-9-16(10-12-17)22(26)23-14-18-6-5-13-28-18/h3-4,7-12,15,18H,5-6,13-14H2,1-2H3,(H,23,26)(H,24,25). The maximum Gasteiger partial charge on any atom is 0.265 e. The van der Waals surface area contributed by atoms with Crippen molar-refractivity contribution in [2.24, 2.45) is 0 Å². The minimum Gasteiger partial charge on any atom is -0.493 e. The van der Waals surface area contributed by atoms with Gasteiger partial charge >= 0.3 is 0 Å². The fraction of sp³-hybridized carbons (Fsp3) is 0.364. The summed E-state index contributed by atoms with van der Waals surface area (Å²) in [6.45, 7) is 2.93. The lowest BCUT2D eigenvalue weighted by Gasteiger charge is -2.16. The zero-order valence-corrected chi connectivity index (χ0v) is 16.6. The van der Waals surface area contributed by atoms with E-state index in [0.717, 1.165) is 19.4 Å². The maximum absolute atomic E-state index is 12.4. The van der Waals surface area contributed by atoms with Crippen molar-refractivity contribution in [3.05, 3.63) is 54.1 Å². The van der Waals surface area contributed by atoms with Gasteiger partial charge in [-0.2, -0.15) is 0 Å². The minimum absolute atomic E-state index is 0.0993. The molecule has 1 saturated heterocycles. The van der Waals surface area contributed by atoms with Crippen molar-refractivity contribution in [3.63, 3.8) is 0 Å². The summed E-state index contributed by atoms with van der Waals surface area (Å²) in [6.07, 6.45) is 1.39. The highest BCUT2D eigenvalue weighted by Gasteiger charge is 2.18. The Morgan fingerprint density at radius 2 is 1.86 bits per heavy atom. The zero-order valence-electron chi connectivity index (χ0n) is 16.6. The number of carbonyl (C=O) groups excluding carboxylic acids is 2. The van der Waals surface area contributed by atoms with Gasteiger partial charge in [-0.25, -0.2) is 0 Å². The van der Waals surface area contributed by atoms with Gasteiger partial charge in [-0.15, -0.1) is 0 Å². The van der Waals surface area contributed by atoms with Gasteiger partial charge in [0.1, 0.15) is 0 Å². The predicted octanol–water partition coefficient (Wildman–Crippen LogP) is 3.01. The molecule has 7 heteroatoms. The Morgan fingerprint density at radius 3 is 2.52 bits per heavy atom. The molecule has 0 bridgehead atoms. The molecule has 29 heavy (non-hydrogen) atoms. The number of amides is 2. The third-order valence-electron chi connectivity index (χ3n) is 4.67. The molecule has 2 aromatic rings. The Balaban J connectivity index is 1.51. The molecule has 1 aliphatic rings. The van der Waals surface area contributed by atoms with Crippen molar-refractivity contribution < 1.29 is 23.8 Å². The lowest BCUT2D eigenvalue weighted by Crippen LogP contribution is -2.32. The highest BCUT2D eigenvalue weighted by atomic mass is 16.5. The summed E-state index contributed by atoms with van der Waals surface area (Å²) in [7, 11) is 1.55. The molecule has 0 saturated carbocycles. The van der Waals surface area contributed by atoms with Crippen molar-refractivity contribution in [1.29, 1.82) is 0 Å². The Bertz CT molecular complexity index is 831. The second kappa shape index (κ2) is 9.93. The number of rotatable bonds is 8. The lowest BCUT2D eigenvalue weighted by atomic mass is 10.1. The molecule has 3 rings (SSSR count). The van der Waals surface area contributed by atoms with Gasteiger partial charge in [0, 0.05) is 24.4 Å². The van der Waals surface area contributed by atoms with Crippen molar-refractivity contribution >= 4 is 17.5 Å². The van der Waals surface area contributed by atoms with E-state index in [-0.39, 0.29) is 17.9 Å². The molecule has 2 amide bonds. The summed E-state index contributed by atoms with van der Waals surface area (Å²) in [5.41, 5.74) is 1.11. The monoisotopic (exact) mass is 398 g/mol. The first-order valence-corrected chi connectivity index (χ1v) is 9.67. The lowest BCUT2D eigenvalue weighted by molar-refractivity contribution is -0.122. The Labute approximate surface area is 170 Å². The molecule has 2 atom stereocenters. The quantitative estimate of drug-likeness (QED) is 0.714. The van der Waals surface area contributed by atoms with Crippen molar-refractivity contribution in [2.75, 3.05) is 25.6 Å². The van der Waals surface area contributed by atoms with Gasteiger partial charge in [-0.3, -0.25) is 9.59 Å². The van der Waals surface area contributed by atoms with E-state index in [2.05, 4.69) is 10.6 Å². The summed E-state index contributed by atoms with van der Waals surface area (Å²) >= 11 is 0. The van der Waals surface area contributed by atoms with E-state index in [1.807, 2.05) is 12.1 Å². The van der Waals surface area contributed by atoms with Gasteiger partial charge in [0.25, 0.3) is 11.8 Å². The van der Waals surface area contributed by atoms with Gasteiger partial charge in [0.05, 0.1) is 13.2 Å². The average molecular weight is 398 g/mol. The van der Waals surface area contributed by atoms with Crippen LogP contribution in [0.3, 0.4) is 0 Å². The van der Waals surface area contributed by atoms with Gasteiger partial charge in [-0.1, -0.05) is 12.1 Å². The van der Waals surface area contributed by atoms with Gasteiger partial charge in [0.2, 0.25) is 0 Å². The second-order valence-electron chi connectivity index (χ2n) is 6.82. The Hall–Kier alpha value is -3.06. The number of ether oxygens (including phenoxy) is 3. The smallest absolute Gasteiger partial charge is 0.265 e. The number of methoxy groups -OCH3 is 1. The van der Waals surface area contributed by atoms with Crippen LogP contribution in [0.25, 0.3) is 0 Å². The number of hydrogen-bond donors (Lipinski definition) is 2. The Morgan fingerprint density at radius 1 is 1.14 bits per heavy atom. The fourth-order valence-corrected chi connectivity index (χ4v) is 3.02. The summed E-state index contributed by atoms with van der Waals surface area (Å²) < 4.78 is 16.4. The first-order valence-electron chi connectivity index (χ1n) is 9.67. The molecule has 1 fully saturated rings. The van der Waals surface area contributed by atoms with E-state index in [4.69, 9.17) is 14.2 Å².